The number of fused-ring (bicyclic) bond motifs is 1. The van der Waals surface area contributed by atoms with Crippen LogP contribution in [0.4, 0.5) is 0 Å². The lowest BCUT2D eigenvalue weighted by molar-refractivity contribution is -0.158. The molecule has 3 aliphatic rings. The van der Waals surface area contributed by atoms with E-state index < -0.39 is 5.54 Å². The fourth-order valence-corrected chi connectivity index (χ4v) is 5.05. The molecule has 1 aromatic heterocycles. The zero-order valence-electron chi connectivity index (χ0n) is 17.6. The molecule has 29 heavy (non-hydrogen) atoms. The molecule has 4 rings (SSSR count). The van der Waals surface area contributed by atoms with Gasteiger partial charge in [0.1, 0.15) is 5.54 Å². The number of hydrogen-bond donors (Lipinski definition) is 1. The third-order valence-electron chi connectivity index (χ3n) is 6.74. The predicted molar refractivity (Wildman–Crippen MR) is 111 cm³/mol. The molecule has 1 saturated carbocycles. The molecule has 2 atom stereocenters. The van der Waals surface area contributed by atoms with E-state index in [1.165, 1.54) is 0 Å². The zero-order valence-corrected chi connectivity index (χ0v) is 17.6. The molecule has 1 aliphatic carbocycles. The highest BCUT2D eigenvalue weighted by Crippen LogP contribution is 2.33. The molecular weight excluding hydrogens is 366 g/mol. The van der Waals surface area contributed by atoms with Gasteiger partial charge in [-0.05, 0) is 38.8 Å². The van der Waals surface area contributed by atoms with Crippen LogP contribution in [0.3, 0.4) is 0 Å². The van der Waals surface area contributed by atoms with E-state index in [1.807, 2.05) is 37.1 Å². The highest BCUT2D eigenvalue weighted by atomic mass is 16.2. The van der Waals surface area contributed by atoms with Gasteiger partial charge in [0.05, 0.1) is 18.3 Å². The Morgan fingerprint density at radius 2 is 1.86 bits per heavy atom. The summed E-state index contributed by atoms with van der Waals surface area (Å²) in [5.74, 6) is 0.0779. The van der Waals surface area contributed by atoms with E-state index in [-0.39, 0.29) is 23.9 Å². The molecule has 2 aliphatic heterocycles. The molecule has 1 N–H and O–H groups in total. The zero-order chi connectivity index (χ0) is 20.4. The summed E-state index contributed by atoms with van der Waals surface area (Å²) in [7, 11) is 0. The molecule has 3 fully saturated rings. The minimum Gasteiger partial charge on any atom is -0.349 e. The van der Waals surface area contributed by atoms with Crippen LogP contribution < -0.4 is 5.32 Å². The first-order chi connectivity index (χ1) is 13.9. The van der Waals surface area contributed by atoms with Gasteiger partial charge in [0.2, 0.25) is 11.8 Å². The molecule has 0 radical (unpaired) electrons. The summed E-state index contributed by atoms with van der Waals surface area (Å²) in [5.41, 5.74) is 0.303. The predicted octanol–water partition coefficient (Wildman–Crippen LogP) is 1.25. The van der Waals surface area contributed by atoms with Crippen molar-refractivity contribution in [2.45, 2.75) is 63.7 Å². The van der Waals surface area contributed by atoms with Crippen LogP contribution in [0.15, 0.2) is 24.4 Å². The topological polar surface area (TPSA) is 68.8 Å². The van der Waals surface area contributed by atoms with Gasteiger partial charge >= 0.3 is 0 Å². The van der Waals surface area contributed by atoms with Crippen LogP contribution in [0.25, 0.3) is 0 Å². The fraction of sp³-hybridized carbons (Fsp3) is 0.682. The molecule has 0 spiro atoms. The van der Waals surface area contributed by atoms with E-state index in [0.29, 0.717) is 6.54 Å². The van der Waals surface area contributed by atoms with Crippen molar-refractivity contribution in [2.24, 2.45) is 0 Å². The summed E-state index contributed by atoms with van der Waals surface area (Å²) in [5, 5.41) is 3.17. The number of nitrogens with one attached hydrogen (secondary N) is 1. The molecule has 2 unspecified atom stereocenters. The lowest BCUT2D eigenvalue weighted by Gasteiger charge is -2.52. The smallest absolute Gasteiger partial charge is 0.245 e. The van der Waals surface area contributed by atoms with Gasteiger partial charge in [-0.2, -0.15) is 0 Å². The van der Waals surface area contributed by atoms with Crippen LogP contribution in [-0.4, -0.2) is 81.8 Å². The monoisotopic (exact) mass is 399 g/mol. The van der Waals surface area contributed by atoms with Crippen LogP contribution >= 0.6 is 0 Å². The minimum atomic E-state index is -0.781. The van der Waals surface area contributed by atoms with Gasteiger partial charge in [-0.3, -0.25) is 24.4 Å². The van der Waals surface area contributed by atoms with Gasteiger partial charge in [0, 0.05) is 45.0 Å². The molecule has 3 heterocycles. The average molecular weight is 400 g/mol. The number of piperazine rings is 2. The Labute approximate surface area is 173 Å². The van der Waals surface area contributed by atoms with Crippen molar-refractivity contribution < 1.29 is 9.59 Å². The Kier molecular flexibility index (Phi) is 5.88. The van der Waals surface area contributed by atoms with Crippen LogP contribution in [0.2, 0.25) is 0 Å². The van der Waals surface area contributed by atoms with E-state index in [0.717, 1.165) is 64.1 Å². The largest absolute Gasteiger partial charge is 0.349 e. The molecular formula is C22H33N5O2. The first-order valence-electron chi connectivity index (χ1n) is 10.9. The molecule has 7 nitrogen and oxygen atoms in total. The first-order valence-corrected chi connectivity index (χ1v) is 10.9. The maximum atomic E-state index is 13.3. The molecule has 158 valence electrons. The Morgan fingerprint density at radius 3 is 2.59 bits per heavy atom. The number of nitrogens with zero attached hydrogens (tertiary/aromatic N) is 4. The number of hydrogen-bond acceptors (Lipinski definition) is 5. The lowest BCUT2D eigenvalue weighted by atomic mass is 9.82. The molecule has 2 saturated heterocycles. The maximum Gasteiger partial charge on any atom is 0.245 e. The lowest BCUT2D eigenvalue weighted by Crippen LogP contribution is -2.72. The highest BCUT2D eigenvalue weighted by Gasteiger charge is 2.50. The molecule has 2 amide bonds. The van der Waals surface area contributed by atoms with Gasteiger partial charge in [0.25, 0.3) is 0 Å². The minimum absolute atomic E-state index is 0.0193. The third kappa shape index (κ3) is 4.31. The van der Waals surface area contributed by atoms with E-state index in [4.69, 9.17) is 0 Å². The van der Waals surface area contributed by atoms with Gasteiger partial charge in [0.15, 0.2) is 0 Å². The fourth-order valence-electron chi connectivity index (χ4n) is 5.05. The van der Waals surface area contributed by atoms with Crippen LogP contribution in [0.5, 0.6) is 0 Å². The maximum absolute atomic E-state index is 13.3. The second-order valence-corrected chi connectivity index (χ2v) is 9.13. The van der Waals surface area contributed by atoms with Gasteiger partial charge in [-0.25, -0.2) is 0 Å². The SMILES string of the molecule is CC1(C)C(=O)NC2CCCCC2N1C(=O)CN1CCN(Cc2ccccn2)CC1. The summed E-state index contributed by atoms with van der Waals surface area (Å²) >= 11 is 0. The number of aromatic nitrogens is 1. The normalized spacial score (nSPS) is 27.9. The van der Waals surface area contributed by atoms with Crippen molar-refractivity contribution >= 4 is 11.8 Å². The van der Waals surface area contributed by atoms with Crippen molar-refractivity contribution in [3.63, 3.8) is 0 Å². The highest BCUT2D eigenvalue weighted by molar-refractivity contribution is 5.93. The van der Waals surface area contributed by atoms with Crippen molar-refractivity contribution in [1.29, 1.82) is 0 Å². The van der Waals surface area contributed by atoms with Gasteiger partial charge < -0.3 is 10.2 Å². The summed E-state index contributed by atoms with van der Waals surface area (Å²) in [4.78, 5) is 36.9. The summed E-state index contributed by atoms with van der Waals surface area (Å²) in [6.07, 6.45) is 6.05. The molecule has 0 aromatic carbocycles. The van der Waals surface area contributed by atoms with Crippen molar-refractivity contribution in [1.82, 2.24) is 25.0 Å². The molecule has 7 heteroatoms. The molecule has 0 bridgehead atoms. The van der Waals surface area contributed by atoms with Crippen LogP contribution in [-0.2, 0) is 16.1 Å². The number of rotatable bonds is 4. The van der Waals surface area contributed by atoms with Crippen molar-refractivity contribution in [3.05, 3.63) is 30.1 Å². The van der Waals surface area contributed by atoms with Crippen LogP contribution in [0, 0.1) is 0 Å². The Morgan fingerprint density at radius 1 is 1.14 bits per heavy atom. The van der Waals surface area contributed by atoms with E-state index in [9.17, 15) is 9.59 Å². The Balaban J connectivity index is 1.35. The number of carbonyl (C=O) groups excluding carboxylic acids is 2. The first kappa shape index (κ1) is 20.3. The third-order valence-corrected chi connectivity index (χ3v) is 6.74. The quantitative estimate of drug-likeness (QED) is 0.825. The summed E-state index contributed by atoms with van der Waals surface area (Å²) < 4.78 is 0. The Hall–Kier alpha value is -1.99. The number of carbonyl (C=O) groups is 2. The van der Waals surface area contributed by atoms with Crippen molar-refractivity contribution in [2.75, 3.05) is 32.7 Å². The van der Waals surface area contributed by atoms with E-state index >= 15 is 0 Å². The Bertz CT molecular complexity index is 730. The second kappa shape index (κ2) is 8.40. The van der Waals surface area contributed by atoms with E-state index in [1.54, 1.807) is 0 Å². The van der Waals surface area contributed by atoms with Gasteiger partial charge in [-0.15, -0.1) is 0 Å². The molecule has 1 aromatic rings. The van der Waals surface area contributed by atoms with E-state index in [2.05, 4.69) is 26.2 Å². The second-order valence-electron chi connectivity index (χ2n) is 9.13. The van der Waals surface area contributed by atoms with Crippen LogP contribution in [0.1, 0.15) is 45.2 Å². The summed E-state index contributed by atoms with van der Waals surface area (Å²) in [6, 6.07) is 6.26. The number of amides is 2. The number of pyridine rings is 1. The summed E-state index contributed by atoms with van der Waals surface area (Å²) in [6.45, 7) is 8.62. The standard InChI is InChI=1S/C22H33N5O2/c1-22(2)21(29)24-18-8-3-4-9-19(18)27(22)20(28)16-26-13-11-25(12-14-26)15-17-7-5-6-10-23-17/h5-7,10,18-19H,3-4,8-9,11-16H2,1-2H3,(H,24,29). The average Bonchev–Trinajstić information content (AvgIpc) is 2.71. The van der Waals surface area contributed by atoms with Gasteiger partial charge in [-0.1, -0.05) is 18.9 Å². The van der Waals surface area contributed by atoms with Crippen molar-refractivity contribution in [3.8, 4) is 0 Å².